The number of nitrogens with one attached hydrogen (secondary N) is 1. The number of amides is 1. The summed E-state index contributed by atoms with van der Waals surface area (Å²) in [6.45, 7) is 2.63. The van der Waals surface area contributed by atoms with Crippen LogP contribution in [0.5, 0.6) is 0 Å². The second-order valence-electron chi connectivity index (χ2n) is 10.4. The van der Waals surface area contributed by atoms with Crippen molar-refractivity contribution >= 4 is 22.7 Å². The normalized spacial score (nSPS) is 20.5. The van der Waals surface area contributed by atoms with Gasteiger partial charge in [0.15, 0.2) is 0 Å². The molecule has 7 nitrogen and oxygen atoms in total. The molecule has 0 unspecified atom stereocenters. The van der Waals surface area contributed by atoms with E-state index in [9.17, 15) is 9.59 Å². The molecule has 3 aromatic rings. The number of nitrogens with zero attached hydrogens (tertiary/aromatic N) is 4. The summed E-state index contributed by atoms with van der Waals surface area (Å²) in [4.78, 5) is 38.2. The zero-order valence-electron chi connectivity index (χ0n) is 21.4. The average Bonchev–Trinajstić information content (AvgIpc) is 3.59. The number of hydrogen-bond acceptors (Lipinski definition) is 5. The molecule has 3 heterocycles. The third kappa shape index (κ3) is 4.94. The van der Waals surface area contributed by atoms with Gasteiger partial charge >= 0.3 is 0 Å². The Morgan fingerprint density at radius 2 is 1.86 bits per heavy atom. The maximum absolute atomic E-state index is 14.1. The van der Waals surface area contributed by atoms with Crippen molar-refractivity contribution in [3.8, 4) is 5.82 Å². The molecule has 2 aromatic heterocycles. The number of pyridine rings is 1. The van der Waals surface area contributed by atoms with Gasteiger partial charge in [0, 0.05) is 25.1 Å². The molecule has 0 spiro atoms. The summed E-state index contributed by atoms with van der Waals surface area (Å²) >= 11 is 0. The van der Waals surface area contributed by atoms with Crippen LogP contribution >= 0.6 is 0 Å². The minimum atomic E-state index is -0.231. The van der Waals surface area contributed by atoms with Crippen LogP contribution in [0.2, 0.25) is 0 Å². The van der Waals surface area contributed by atoms with Crippen LogP contribution in [-0.2, 0) is 9.59 Å². The van der Waals surface area contributed by atoms with Crippen molar-refractivity contribution in [2.45, 2.75) is 70.4 Å². The Hall–Kier alpha value is -3.06. The number of likely N-dealkylation sites (N-methyl/N-ethyl adjacent to an activating group) is 1. The van der Waals surface area contributed by atoms with Gasteiger partial charge in [-0.2, -0.15) is 0 Å². The minimum Gasteiger partial charge on any atom is -0.335 e. The molecule has 0 bridgehead atoms. The molecule has 1 aromatic carbocycles. The van der Waals surface area contributed by atoms with E-state index < -0.39 is 0 Å². The van der Waals surface area contributed by atoms with Gasteiger partial charge in [-0.25, -0.2) is 9.97 Å². The van der Waals surface area contributed by atoms with Gasteiger partial charge in [-0.3, -0.25) is 14.2 Å². The molecule has 1 N–H and O–H groups in total. The summed E-state index contributed by atoms with van der Waals surface area (Å²) in [5.74, 6) is 1.17. The third-order valence-corrected chi connectivity index (χ3v) is 8.26. The van der Waals surface area contributed by atoms with Crippen molar-refractivity contribution in [2.75, 3.05) is 13.6 Å². The lowest BCUT2D eigenvalue weighted by atomic mass is 9.76. The molecule has 7 heteroatoms. The Labute approximate surface area is 213 Å². The first-order valence-electron chi connectivity index (χ1n) is 13.5. The average molecular weight is 488 g/mol. The van der Waals surface area contributed by atoms with Crippen LogP contribution < -0.4 is 5.32 Å². The van der Waals surface area contributed by atoms with E-state index in [1.54, 1.807) is 7.05 Å². The van der Waals surface area contributed by atoms with Crippen molar-refractivity contribution in [1.29, 1.82) is 0 Å². The van der Waals surface area contributed by atoms with Gasteiger partial charge in [-0.1, -0.05) is 31.4 Å². The van der Waals surface area contributed by atoms with E-state index in [0.29, 0.717) is 12.3 Å². The van der Waals surface area contributed by atoms with E-state index in [1.807, 2.05) is 54.3 Å². The van der Waals surface area contributed by atoms with E-state index in [1.165, 1.54) is 6.42 Å². The lowest BCUT2D eigenvalue weighted by Crippen LogP contribution is -2.42. The van der Waals surface area contributed by atoms with Crippen LogP contribution in [0.15, 0.2) is 48.9 Å². The van der Waals surface area contributed by atoms with Crippen LogP contribution in [0.4, 0.5) is 0 Å². The quantitative estimate of drug-likeness (QED) is 0.491. The third-order valence-electron chi connectivity index (χ3n) is 8.26. The largest absolute Gasteiger partial charge is 0.335 e. The maximum Gasteiger partial charge on any atom is 0.226 e. The van der Waals surface area contributed by atoms with Gasteiger partial charge in [0.1, 0.15) is 17.9 Å². The molecule has 2 aliphatic rings. The van der Waals surface area contributed by atoms with Crippen molar-refractivity contribution in [3.63, 3.8) is 0 Å². The molecular weight excluding hydrogens is 450 g/mol. The number of ketones is 1. The van der Waals surface area contributed by atoms with Crippen molar-refractivity contribution < 1.29 is 9.59 Å². The van der Waals surface area contributed by atoms with E-state index in [2.05, 4.69) is 26.3 Å². The lowest BCUT2D eigenvalue weighted by Gasteiger charge is -2.35. The predicted octanol–water partition coefficient (Wildman–Crippen LogP) is 4.85. The zero-order valence-corrected chi connectivity index (χ0v) is 21.4. The molecule has 0 radical (unpaired) electrons. The molecule has 1 saturated carbocycles. The number of rotatable bonds is 8. The summed E-state index contributed by atoms with van der Waals surface area (Å²) < 4.78 is 2.00. The lowest BCUT2D eigenvalue weighted by molar-refractivity contribution is -0.141. The number of benzene rings is 1. The summed E-state index contributed by atoms with van der Waals surface area (Å²) in [7, 11) is 1.81. The number of carbonyl (C=O) groups is 2. The molecule has 1 amide bonds. The fraction of sp³-hybridized carbons (Fsp3) is 0.517. The summed E-state index contributed by atoms with van der Waals surface area (Å²) in [6.07, 6.45) is 11.5. The second-order valence-corrected chi connectivity index (χ2v) is 10.4. The SMILES string of the molecule is CN[C@@H](C)C(=O)C[C@H](C(=O)N1CCC[C@H]1c1ccnc(-n2cnc3ccccc32)c1)C1CCCCC1. The van der Waals surface area contributed by atoms with Crippen molar-refractivity contribution in [1.82, 2.24) is 24.8 Å². The fourth-order valence-electron chi connectivity index (χ4n) is 6.05. The number of Topliss-reactive ketones (excluding diaryl/α,β-unsaturated/α-hetero) is 1. The maximum atomic E-state index is 14.1. The Bertz CT molecular complexity index is 1220. The predicted molar refractivity (Wildman–Crippen MR) is 141 cm³/mol. The number of fused-ring (bicyclic) bond motifs is 1. The van der Waals surface area contributed by atoms with Crippen LogP contribution in [0.25, 0.3) is 16.9 Å². The van der Waals surface area contributed by atoms with Crippen molar-refractivity contribution in [2.24, 2.45) is 11.8 Å². The standard InChI is InChI=1S/C29H37N5O2/c1-20(30-2)27(35)18-23(21-9-4-3-5-10-21)29(36)33-16-8-13-25(33)22-14-15-31-28(17-22)34-19-32-24-11-6-7-12-26(24)34/h6-7,11-12,14-15,17,19-21,23,25,30H,3-5,8-10,13,16,18H2,1-2H3/t20-,23-,25-/m0/s1. The first-order valence-corrected chi connectivity index (χ1v) is 13.5. The molecular formula is C29H37N5O2. The smallest absolute Gasteiger partial charge is 0.226 e. The first-order chi connectivity index (χ1) is 17.6. The number of hydrogen-bond donors (Lipinski definition) is 1. The van der Waals surface area contributed by atoms with Gasteiger partial charge in [-0.15, -0.1) is 0 Å². The highest BCUT2D eigenvalue weighted by Gasteiger charge is 2.39. The number of aromatic nitrogens is 3. The molecule has 1 saturated heterocycles. The van der Waals surface area contributed by atoms with Gasteiger partial charge in [-0.05, 0) is 75.4 Å². The van der Waals surface area contributed by atoms with E-state index in [0.717, 1.165) is 67.5 Å². The summed E-state index contributed by atoms with van der Waals surface area (Å²) in [5, 5.41) is 3.06. The zero-order chi connectivity index (χ0) is 25.1. The Morgan fingerprint density at radius 3 is 2.67 bits per heavy atom. The topological polar surface area (TPSA) is 80.1 Å². The Balaban J connectivity index is 1.41. The molecule has 1 aliphatic heterocycles. The number of para-hydroxylation sites is 2. The fourth-order valence-corrected chi connectivity index (χ4v) is 6.05. The summed E-state index contributed by atoms with van der Waals surface area (Å²) in [6, 6.07) is 11.9. The highest BCUT2D eigenvalue weighted by atomic mass is 16.2. The van der Waals surface area contributed by atoms with E-state index in [-0.39, 0.29) is 29.7 Å². The van der Waals surface area contributed by atoms with Gasteiger partial charge in [0.05, 0.1) is 23.1 Å². The van der Waals surface area contributed by atoms with Crippen LogP contribution in [0, 0.1) is 11.8 Å². The van der Waals surface area contributed by atoms with Crippen molar-refractivity contribution in [3.05, 3.63) is 54.5 Å². The summed E-state index contributed by atoms with van der Waals surface area (Å²) in [5.41, 5.74) is 3.04. The Kier molecular flexibility index (Phi) is 7.46. The second kappa shape index (κ2) is 10.9. The number of carbonyl (C=O) groups excluding carboxylic acids is 2. The molecule has 190 valence electrons. The van der Waals surface area contributed by atoms with Crippen LogP contribution in [0.3, 0.4) is 0 Å². The molecule has 1 aliphatic carbocycles. The number of imidazole rings is 1. The highest BCUT2D eigenvalue weighted by Crippen LogP contribution is 2.39. The molecule has 2 fully saturated rings. The molecule has 36 heavy (non-hydrogen) atoms. The van der Waals surface area contributed by atoms with Crippen LogP contribution in [0.1, 0.15) is 69.9 Å². The minimum absolute atomic E-state index is 0.0111. The van der Waals surface area contributed by atoms with E-state index >= 15 is 0 Å². The van der Waals surface area contributed by atoms with Crippen LogP contribution in [-0.4, -0.2) is 50.8 Å². The number of likely N-dealkylation sites (tertiary alicyclic amines) is 1. The molecule has 5 rings (SSSR count). The van der Waals surface area contributed by atoms with Gasteiger partial charge < -0.3 is 10.2 Å². The Morgan fingerprint density at radius 1 is 1.06 bits per heavy atom. The first kappa shape index (κ1) is 24.6. The van der Waals surface area contributed by atoms with Gasteiger partial charge in [0.2, 0.25) is 5.91 Å². The monoisotopic (exact) mass is 487 g/mol. The van der Waals surface area contributed by atoms with E-state index in [4.69, 9.17) is 0 Å². The highest BCUT2D eigenvalue weighted by molar-refractivity contribution is 5.90. The van der Waals surface area contributed by atoms with Gasteiger partial charge in [0.25, 0.3) is 0 Å². The molecule has 3 atom stereocenters.